The van der Waals surface area contributed by atoms with Crippen molar-refractivity contribution in [3.05, 3.63) is 55.7 Å². The standard InChI is InChI=1S/C19H25ClN4O3/c1-4-5-10-23(18(26)13-6-8-14(20)9-7-13)15-16(21)24(11-12(2)3)19(27)22-17(15)25/h6-9,12H,4-5,10-11,21H2,1-3H3,(H,22,25,27). The number of halogens is 1. The highest BCUT2D eigenvalue weighted by atomic mass is 35.5. The fourth-order valence-electron chi connectivity index (χ4n) is 2.76. The lowest BCUT2D eigenvalue weighted by atomic mass is 10.1. The zero-order valence-electron chi connectivity index (χ0n) is 15.8. The molecule has 0 radical (unpaired) electrons. The molecule has 0 saturated carbocycles. The number of nitrogen functional groups attached to an aromatic ring is 1. The predicted octanol–water partition coefficient (Wildman–Crippen LogP) is 2.88. The van der Waals surface area contributed by atoms with E-state index in [-0.39, 0.29) is 23.3 Å². The molecule has 0 aliphatic rings. The number of nitrogens with one attached hydrogen (secondary N) is 1. The maximum absolute atomic E-state index is 13.1. The third kappa shape index (κ3) is 4.80. The van der Waals surface area contributed by atoms with E-state index in [1.54, 1.807) is 24.3 Å². The number of aromatic amines is 1. The first-order valence-electron chi connectivity index (χ1n) is 8.96. The molecule has 0 fully saturated rings. The van der Waals surface area contributed by atoms with Gasteiger partial charge in [-0.25, -0.2) is 4.79 Å². The van der Waals surface area contributed by atoms with Crippen LogP contribution in [0.1, 0.15) is 44.0 Å². The van der Waals surface area contributed by atoms with E-state index in [2.05, 4.69) is 4.98 Å². The van der Waals surface area contributed by atoms with Crippen molar-refractivity contribution >= 4 is 29.0 Å². The lowest BCUT2D eigenvalue weighted by Crippen LogP contribution is -2.42. The number of rotatable bonds is 7. The van der Waals surface area contributed by atoms with E-state index in [4.69, 9.17) is 17.3 Å². The molecule has 146 valence electrons. The van der Waals surface area contributed by atoms with Crippen molar-refractivity contribution in [2.75, 3.05) is 17.2 Å². The second-order valence-electron chi connectivity index (χ2n) is 6.81. The number of amides is 1. The first-order valence-corrected chi connectivity index (χ1v) is 9.34. The third-order valence-electron chi connectivity index (χ3n) is 4.10. The van der Waals surface area contributed by atoms with Crippen LogP contribution in [-0.4, -0.2) is 22.0 Å². The summed E-state index contributed by atoms with van der Waals surface area (Å²) in [5.74, 6) is -0.234. The van der Waals surface area contributed by atoms with E-state index in [0.717, 1.165) is 6.42 Å². The molecule has 8 heteroatoms. The Labute approximate surface area is 162 Å². The smallest absolute Gasteiger partial charge is 0.330 e. The van der Waals surface area contributed by atoms with Crippen LogP contribution in [0.25, 0.3) is 0 Å². The second-order valence-corrected chi connectivity index (χ2v) is 7.25. The Balaban J connectivity index is 2.59. The minimum absolute atomic E-state index is 0.00338. The molecule has 1 heterocycles. The number of benzene rings is 1. The number of hydrogen-bond donors (Lipinski definition) is 2. The maximum atomic E-state index is 13.1. The Morgan fingerprint density at radius 1 is 1.26 bits per heavy atom. The van der Waals surface area contributed by atoms with Crippen LogP contribution in [0, 0.1) is 5.92 Å². The molecular weight excluding hydrogens is 368 g/mol. The minimum atomic E-state index is -0.670. The molecule has 0 saturated heterocycles. The molecule has 0 spiro atoms. The molecule has 3 N–H and O–H groups in total. The second kappa shape index (κ2) is 8.90. The van der Waals surface area contributed by atoms with Gasteiger partial charge in [0.1, 0.15) is 5.82 Å². The van der Waals surface area contributed by atoms with Gasteiger partial charge in [0.2, 0.25) is 0 Å². The molecule has 1 amide bonds. The largest absolute Gasteiger partial charge is 0.383 e. The average molecular weight is 393 g/mol. The van der Waals surface area contributed by atoms with Gasteiger partial charge in [0.05, 0.1) is 0 Å². The van der Waals surface area contributed by atoms with Crippen LogP contribution in [-0.2, 0) is 6.54 Å². The van der Waals surface area contributed by atoms with Gasteiger partial charge < -0.3 is 10.6 Å². The number of nitrogens with zero attached hydrogens (tertiary/aromatic N) is 2. The molecule has 0 atom stereocenters. The molecule has 7 nitrogen and oxygen atoms in total. The summed E-state index contributed by atoms with van der Waals surface area (Å²) in [6, 6.07) is 6.41. The number of carbonyl (C=O) groups is 1. The van der Waals surface area contributed by atoms with Crippen LogP contribution in [0.3, 0.4) is 0 Å². The fraction of sp³-hybridized carbons (Fsp3) is 0.421. The van der Waals surface area contributed by atoms with Gasteiger partial charge in [0.15, 0.2) is 5.69 Å². The van der Waals surface area contributed by atoms with Crippen LogP contribution in [0.5, 0.6) is 0 Å². The van der Waals surface area contributed by atoms with Gasteiger partial charge in [0.25, 0.3) is 11.5 Å². The number of H-pyrrole nitrogens is 1. The van der Waals surface area contributed by atoms with Crippen molar-refractivity contribution in [1.29, 1.82) is 0 Å². The Morgan fingerprint density at radius 2 is 1.89 bits per heavy atom. The number of aromatic nitrogens is 2. The molecule has 1 aromatic carbocycles. The van der Waals surface area contributed by atoms with Crippen molar-refractivity contribution in [2.24, 2.45) is 5.92 Å². The summed E-state index contributed by atoms with van der Waals surface area (Å²) in [5.41, 5.74) is 5.31. The van der Waals surface area contributed by atoms with Gasteiger partial charge in [-0.2, -0.15) is 0 Å². The SMILES string of the molecule is CCCCN(C(=O)c1ccc(Cl)cc1)c1c(N)n(CC(C)C)c(=O)[nH]c1=O. The number of hydrogen-bond acceptors (Lipinski definition) is 4. The van der Waals surface area contributed by atoms with Crippen molar-refractivity contribution in [3.63, 3.8) is 0 Å². The molecule has 0 aliphatic carbocycles. The minimum Gasteiger partial charge on any atom is -0.383 e. The predicted molar refractivity (Wildman–Crippen MR) is 109 cm³/mol. The molecule has 0 unspecified atom stereocenters. The van der Waals surface area contributed by atoms with E-state index in [9.17, 15) is 14.4 Å². The normalized spacial score (nSPS) is 11.0. The van der Waals surface area contributed by atoms with E-state index < -0.39 is 11.2 Å². The summed E-state index contributed by atoms with van der Waals surface area (Å²) in [6.07, 6.45) is 1.51. The summed E-state index contributed by atoms with van der Waals surface area (Å²) in [4.78, 5) is 41.4. The lowest BCUT2D eigenvalue weighted by Gasteiger charge is -2.25. The Bertz CT molecular complexity index is 916. The van der Waals surface area contributed by atoms with Crippen molar-refractivity contribution in [3.8, 4) is 0 Å². The summed E-state index contributed by atoms with van der Waals surface area (Å²) < 4.78 is 1.30. The topological polar surface area (TPSA) is 101 Å². The zero-order chi connectivity index (χ0) is 20.1. The summed E-state index contributed by atoms with van der Waals surface area (Å²) >= 11 is 5.90. The van der Waals surface area contributed by atoms with Crippen molar-refractivity contribution in [2.45, 2.75) is 40.2 Å². The summed E-state index contributed by atoms with van der Waals surface area (Å²) in [7, 11) is 0. The van der Waals surface area contributed by atoms with Crippen LogP contribution in [0.4, 0.5) is 11.5 Å². The number of carbonyl (C=O) groups excluding carboxylic acids is 1. The van der Waals surface area contributed by atoms with Gasteiger partial charge in [-0.05, 0) is 36.6 Å². The van der Waals surface area contributed by atoms with Gasteiger partial charge in [0, 0.05) is 23.7 Å². The van der Waals surface area contributed by atoms with Crippen LogP contribution in [0.2, 0.25) is 5.02 Å². The summed E-state index contributed by atoms with van der Waals surface area (Å²) in [6.45, 7) is 6.50. The van der Waals surface area contributed by atoms with Gasteiger partial charge in [-0.1, -0.05) is 38.8 Å². The van der Waals surface area contributed by atoms with Crippen molar-refractivity contribution in [1.82, 2.24) is 9.55 Å². The third-order valence-corrected chi connectivity index (χ3v) is 4.36. The molecule has 2 rings (SSSR count). The Morgan fingerprint density at radius 3 is 2.44 bits per heavy atom. The number of unbranched alkanes of at least 4 members (excludes halogenated alkanes) is 1. The van der Waals surface area contributed by atoms with Crippen LogP contribution >= 0.6 is 11.6 Å². The lowest BCUT2D eigenvalue weighted by molar-refractivity contribution is 0.0986. The van der Waals surface area contributed by atoms with Gasteiger partial charge in [-0.15, -0.1) is 0 Å². The summed E-state index contributed by atoms with van der Waals surface area (Å²) in [5, 5.41) is 0.509. The van der Waals surface area contributed by atoms with Crippen molar-refractivity contribution < 1.29 is 4.79 Å². The highest BCUT2D eigenvalue weighted by Crippen LogP contribution is 2.21. The maximum Gasteiger partial charge on any atom is 0.330 e. The van der Waals surface area contributed by atoms with Gasteiger partial charge >= 0.3 is 5.69 Å². The van der Waals surface area contributed by atoms with E-state index in [1.807, 2.05) is 20.8 Å². The molecule has 1 aromatic heterocycles. The monoisotopic (exact) mass is 392 g/mol. The first kappa shape index (κ1) is 20.8. The number of anilines is 2. The van der Waals surface area contributed by atoms with Gasteiger partial charge in [-0.3, -0.25) is 19.1 Å². The molecule has 2 aromatic rings. The molecular formula is C19H25ClN4O3. The van der Waals surface area contributed by atoms with Crippen LogP contribution < -0.4 is 21.9 Å². The zero-order valence-corrected chi connectivity index (χ0v) is 16.5. The van der Waals surface area contributed by atoms with E-state index in [0.29, 0.717) is 30.1 Å². The average Bonchev–Trinajstić information content (AvgIpc) is 2.61. The quantitative estimate of drug-likeness (QED) is 0.756. The number of nitrogens with two attached hydrogens (primary N) is 1. The highest BCUT2D eigenvalue weighted by Gasteiger charge is 2.25. The molecule has 27 heavy (non-hydrogen) atoms. The highest BCUT2D eigenvalue weighted by molar-refractivity contribution is 6.30. The fourth-order valence-corrected chi connectivity index (χ4v) is 2.89. The van der Waals surface area contributed by atoms with Crippen LogP contribution in [0.15, 0.2) is 33.9 Å². The first-order chi connectivity index (χ1) is 12.8. The molecule has 0 bridgehead atoms. The Kier molecular flexibility index (Phi) is 6.85. The molecule has 0 aliphatic heterocycles. The van der Waals surface area contributed by atoms with E-state index >= 15 is 0 Å². The van der Waals surface area contributed by atoms with E-state index in [1.165, 1.54) is 9.47 Å². The Hall–Kier alpha value is -2.54.